The molecular formula is C20H23ClN4OS. The molecule has 1 aromatic heterocycles. The number of benzene rings is 1. The fraction of sp³-hybridized carbons (Fsp3) is 0.450. The minimum atomic E-state index is 0.512. The van der Waals surface area contributed by atoms with Crippen LogP contribution in [0.3, 0.4) is 0 Å². The van der Waals surface area contributed by atoms with E-state index >= 15 is 0 Å². The molecule has 2 aliphatic rings. The van der Waals surface area contributed by atoms with Gasteiger partial charge < -0.3 is 10.2 Å². The van der Waals surface area contributed by atoms with Crippen LogP contribution in [0.25, 0.3) is 0 Å². The topological polar surface area (TPSA) is 58.1 Å². The van der Waals surface area contributed by atoms with Gasteiger partial charge in [0.05, 0.1) is 23.1 Å². The molecule has 2 heterocycles. The zero-order chi connectivity index (χ0) is 18.7. The molecule has 0 radical (unpaired) electrons. The number of rotatable bonds is 5. The fourth-order valence-electron chi connectivity index (χ4n) is 4.24. The lowest BCUT2D eigenvalue weighted by atomic mass is 9.77. The molecule has 1 saturated heterocycles. The first-order chi connectivity index (χ1) is 13.2. The van der Waals surface area contributed by atoms with Crippen molar-refractivity contribution in [1.29, 1.82) is 0 Å². The predicted molar refractivity (Wildman–Crippen MR) is 110 cm³/mol. The number of carbonyl (C=O) groups is 1. The molecule has 2 fully saturated rings. The first kappa shape index (κ1) is 18.6. The van der Waals surface area contributed by atoms with Crippen molar-refractivity contribution in [2.45, 2.75) is 48.4 Å². The van der Waals surface area contributed by atoms with Crippen LogP contribution < -0.4 is 10.2 Å². The SMILES string of the molecule is O=CNc1cccc(Sc2cnc(N3CCC4(CCCC4)CC3)cn2)c1Cl. The number of amides is 1. The first-order valence-corrected chi connectivity index (χ1v) is 10.6. The first-order valence-electron chi connectivity index (χ1n) is 9.43. The summed E-state index contributed by atoms with van der Waals surface area (Å²) in [7, 11) is 0. The van der Waals surface area contributed by atoms with Crippen LogP contribution in [-0.2, 0) is 4.79 Å². The van der Waals surface area contributed by atoms with E-state index in [1.165, 1.54) is 50.3 Å². The maximum atomic E-state index is 10.7. The second kappa shape index (κ2) is 8.07. The van der Waals surface area contributed by atoms with E-state index in [-0.39, 0.29) is 0 Å². The zero-order valence-electron chi connectivity index (χ0n) is 15.2. The Kier molecular flexibility index (Phi) is 5.55. The lowest BCUT2D eigenvalue weighted by Gasteiger charge is -2.39. The van der Waals surface area contributed by atoms with Crippen molar-refractivity contribution in [3.8, 4) is 0 Å². The Bertz CT molecular complexity index is 798. The highest BCUT2D eigenvalue weighted by Crippen LogP contribution is 2.46. The summed E-state index contributed by atoms with van der Waals surface area (Å²) in [6, 6.07) is 5.53. The minimum absolute atomic E-state index is 0.512. The Morgan fingerprint density at radius 2 is 1.89 bits per heavy atom. The highest BCUT2D eigenvalue weighted by Gasteiger charge is 2.37. The second-order valence-electron chi connectivity index (χ2n) is 7.39. The van der Waals surface area contributed by atoms with Gasteiger partial charge in [-0.15, -0.1) is 0 Å². The zero-order valence-corrected chi connectivity index (χ0v) is 16.7. The molecule has 2 aromatic rings. The van der Waals surface area contributed by atoms with Gasteiger partial charge in [-0.3, -0.25) is 4.79 Å². The van der Waals surface area contributed by atoms with Gasteiger partial charge in [-0.05, 0) is 43.2 Å². The van der Waals surface area contributed by atoms with Crippen molar-refractivity contribution in [2.24, 2.45) is 5.41 Å². The molecule has 27 heavy (non-hydrogen) atoms. The van der Waals surface area contributed by atoms with Gasteiger partial charge >= 0.3 is 0 Å². The quantitative estimate of drug-likeness (QED) is 0.712. The molecule has 0 atom stereocenters. The number of carbonyl (C=O) groups excluding carboxylic acids is 1. The Morgan fingerprint density at radius 3 is 2.56 bits per heavy atom. The van der Waals surface area contributed by atoms with Crippen LogP contribution in [0.5, 0.6) is 0 Å². The van der Waals surface area contributed by atoms with E-state index in [2.05, 4.69) is 20.2 Å². The van der Waals surface area contributed by atoms with Gasteiger partial charge in [0.15, 0.2) is 0 Å². The minimum Gasteiger partial charge on any atom is -0.355 e. The molecule has 1 aliphatic heterocycles. The summed E-state index contributed by atoms with van der Waals surface area (Å²) in [5.74, 6) is 0.953. The van der Waals surface area contributed by atoms with Crippen LogP contribution in [0.2, 0.25) is 5.02 Å². The normalized spacial score (nSPS) is 18.6. The van der Waals surface area contributed by atoms with Crippen LogP contribution in [0.15, 0.2) is 40.5 Å². The predicted octanol–water partition coefficient (Wildman–Crippen LogP) is 5.01. The van der Waals surface area contributed by atoms with Gasteiger partial charge in [-0.25, -0.2) is 9.97 Å². The number of nitrogens with zero attached hydrogens (tertiary/aromatic N) is 3. The third kappa shape index (κ3) is 4.06. The molecule has 1 saturated carbocycles. The second-order valence-corrected chi connectivity index (χ2v) is 8.83. The van der Waals surface area contributed by atoms with Crippen molar-refractivity contribution in [1.82, 2.24) is 9.97 Å². The standard InChI is InChI=1S/C20H23ClN4OS/c21-19-15(24-14-26)4-3-5-16(19)27-18-13-22-17(12-23-18)25-10-8-20(9-11-25)6-1-2-7-20/h3-5,12-14H,1-2,6-11H2,(H,24,26). The molecule has 7 heteroatoms. The van der Waals surface area contributed by atoms with Crippen molar-refractivity contribution in [3.05, 3.63) is 35.6 Å². The van der Waals surface area contributed by atoms with E-state index in [1.807, 2.05) is 18.3 Å². The summed E-state index contributed by atoms with van der Waals surface area (Å²) in [5.41, 5.74) is 1.20. The lowest BCUT2D eigenvalue weighted by molar-refractivity contribution is -0.105. The molecule has 1 aliphatic carbocycles. The molecule has 0 unspecified atom stereocenters. The number of hydrogen-bond acceptors (Lipinski definition) is 5. The van der Waals surface area contributed by atoms with E-state index in [1.54, 1.807) is 12.3 Å². The number of piperidine rings is 1. The largest absolute Gasteiger partial charge is 0.355 e. The third-order valence-corrected chi connectivity index (χ3v) is 7.32. The lowest BCUT2D eigenvalue weighted by Crippen LogP contribution is -2.39. The molecule has 1 amide bonds. The van der Waals surface area contributed by atoms with Crippen molar-refractivity contribution < 1.29 is 4.79 Å². The van der Waals surface area contributed by atoms with E-state index in [4.69, 9.17) is 11.6 Å². The highest BCUT2D eigenvalue weighted by molar-refractivity contribution is 7.99. The highest BCUT2D eigenvalue weighted by atomic mass is 35.5. The van der Waals surface area contributed by atoms with Gasteiger partial charge in [0.2, 0.25) is 6.41 Å². The van der Waals surface area contributed by atoms with Gasteiger partial charge in [-0.2, -0.15) is 0 Å². The van der Waals surface area contributed by atoms with Gasteiger partial charge in [0.1, 0.15) is 10.8 Å². The van der Waals surface area contributed by atoms with Crippen molar-refractivity contribution >= 4 is 41.3 Å². The molecular weight excluding hydrogens is 380 g/mol. The summed E-state index contributed by atoms with van der Waals surface area (Å²) < 4.78 is 0. The van der Waals surface area contributed by atoms with E-state index < -0.39 is 0 Å². The maximum absolute atomic E-state index is 10.7. The Morgan fingerprint density at radius 1 is 1.11 bits per heavy atom. The van der Waals surface area contributed by atoms with E-state index in [9.17, 15) is 4.79 Å². The Hall–Kier alpha value is -1.79. The fourth-order valence-corrected chi connectivity index (χ4v) is 5.32. The molecule has 142 valence electrons. The monoisotopic (exact) mass is 402 g/mol. The maximum Gasteiger partial charge on any atom is 0.211 e. The van der Waals surface area contributed by atoms with Crippen molar-refractivity contribution in [3.63, 3.8) is 0 Å². The van der Waals surface area contributed by atoms with Crippen LogP contribution in [-0.4, -0.2) is 29.5 Å². The number of nitrogens with one attached hydrogen (secondary N) is 1. The summed E-state index contributed by atoms with van der Waals surface area (Å²) in [5, 5.41) is 3.90. The average Bonchev–Trinajstić information content (AvgIpc) is 3.14. The van der Waals surface area contributed by atoms with Crippen LogP contribution >= 0.6 is 23.4 Å². The number of aromatic nitrogens is 2. The van der Waals surface area contributed by atoms with Gasteiger partial charge in [-0.1, -0.05) is 42.3 Å². The summed E-state index contributed by atoms with van der Waals surface area (Å²) in [6.45, 7) is 2.15. The Labute approximate surface area is 168 Å². The summed E-state index contributed by atoms with van der Waals surface area (Å²) >= 11 is 7.80. The van der Waals surface area contributed by atoms with Crippen LogP contribution in [0, 0.1) is 5.41 Å². The number of hydrogen-bond donors (Lipinski definition) is 1. The van der Waals surface area contributed by atoms with Gasteiger partial charge in [0, 0.05) is 18.0 Å². The Balaban J connectivity index is 1.41. The summed E-state index contributed by atoms with van der Waals surface area (Å²) in [6.07, 6.45) is 12.4. The molecule has 5 nitrogen and oxygen atoms in total. The molecule has 1 N–H and O–H groups in total. The van der Waals surface area contributed by atoms with Crippen LogP contribution in [0.4, 0.5) is 11.5 Å². The molecule has 0 bridgehead atoms. The number of halogens is 1. The van der Waals surface area contributed by atoms with E-state index in [0.717, 1.165) is 28.8 Å². The molecule has 4 rings (SSSR count). The average molecular weight is 403 g/mol. The molecule has 1 aromatic carbocycles. The third-order valence-electron chi connectivity index (χ3n) is 5.82. The smallest absolute Gasteiger partial charge is 0.211 e. The van der Waals surface area contributed by atoms with Gasteiger partial charge in [0.25, 0.3) is 0 Å². The number of anilines is 2. The summed E-state index contributed by atoms with van der Waals surface area (Å²) in [4.78, 5) is 23.1. The molecule has 1 spiro atoms. The van der Waals surface area contributed by atoms with Crippen LogP contribution in [0.1, 0.15) is 38.5 Å². The van der Waals surface area contributed by atoms with E-state index in [0.29, 0.717) is 22.5 Å². The van der Waals surface area contributed by atoms with Crippen molar-refractivity contribution in [2.75, 3.05) is 23.3 Å².